The summed E-state index contributed by atoms with van der Waals surface area (Å²) in [5.41, 5.74) is 5.74. The molecular weight excluding hydrogens is 629 g/mol. The zero-order chi connectivity index (χ0) is 32.5. The Hall–Kier alpha value is -3.88. The van der Waals surface area contributed by atoms with Crippen molar-refractivity contribution in [2.24, 2.45) is 0 Å². The Morgan fingerprint density at radius 1 is 1.00 bits per heavy atom. The summed E-state index contributed by atoms with van der Waals surface area (Å²) >= 11 is 13.5. The molecule has 1 aliphatic carbocycles. The lowest BCUT2D eigenvalue weighted by Crippen LogP contribution is -2.30. The molecule has 0 fully saturated rings. The average molecular weight is 665 g/mol. The predicted octanol–water partition coefficient (Wildman–Crippen LogP) is 5.78. The number of aliphatic hydroxyl groups is 3. The van der Waals surface area contributed by atoms with E-state index < -0.39 is 6.10 Å². The SMILES string of the molecule is N#Cc1cncc(COc2cc(OC3CCc4c(-c5cccc(OCCCNC[C@H](O)CO)c5Cl)cccc43)c(Cl)cc2CO)c1. The Bertz CT molecular complexity index is 1700. The Morgan fingerprint density at radius 2 is 1.83 bits per heavy atom. The zero-order valence-corrected chi connectivity index (χ0v) is 26.6. The van der Waals surface area contributed by atoms with E-state index in [2.05, 4.69) is 16.4 Å². The van der Waals surface area contributed by atoms with E-state index in [-0.39, 0.29) is 25.9 Å². The second-order valence-electron chi connectivity index (χ2n) is 10.9. The van der Waals surface area contributed by atoms with Crippen molar-refractivity contribution in [3.63, 3.8) is 0 Å². The monoisotopic (exact) mass is 663 g/mol. The lowest BCUT2D eigenvalue weighted by Gasteiger charge is -2.19. The van der Waals surface area contributed by atoms with Crippen molar-refractivity contribution in [2.45, 2.75) is 44.7 Å². The van der Waals surface area contributed by atoms with Crippen LogP contribution in [0.5, 0.6) is 17.2 Å². The Morgan fingerprint density at radius 3 is 2.63 bits per heavy atom. The molecular formula is C35H35Cl2N3O6. The van der Waals surface area contributed by atoms with E-state index in [1.807, 2.05) is 36.4 Å². The molecule has 0 saturated heterocycles. The van der Waals surface area contributed by atoms with Gasteiger partial charge < -0.3 is 34.8 Å². The van der Waals surface area contributed by atoms with Crippen molar-refractivity contribution < 1.29 is 29.5 Å². The minimum atomic E-state index is -0.775. The van der Waals surface area contributed by atoms with Gasteiger partial charge in [0.25, 0.3) is 0 Å². The molecule has 0 spiro atoms. The van der Waals surface area contributed by atoms with Crippen LogP contribution in [0, 0.1) is 11.3 Å². The Kier molecular flexibility index (Phi) is 11.7. The van der Waals surface area contributed by atoms with E-state index in [1.165, 1.54) is 6.20 Å². The topological polar surface area (TPSA) is 137 Å². The summed E-state index contributed by atoms with van der Waals surface area (Å²) < 4.78 is 18.5. The molecule has 4 aromatic rings. The number of benzene rings is 3. The summed E-state index contributed by atoms with van der Waals surface area (Å²) in [6, 6.07) is 18.9. The highest BCUT2D eigenvalue weighted by molar-refractivity contribution is 6.35. The van der Waals surface area contributed by atoms with E-state index in [9.17, 15) is 10.2 Å². The minimum Gasteiger partial charge on any atom is -0.492 e. The number of rotatable bonds is 15. The van der Waals surface area contributed by atoms with E-state index >= 15 is 0 Å². The number of nitrogens with one attached hydrogen (secondary N) is 1. The maximum absolute atomic E-state index is 9.94. The number of aliphatic hydroxyl groups excluding tert-OH is 3. The third kappa shape index (κ3) is 8.09. The van der Waals surface area contributed by atoms with Crippen molar-refractivity contribution in [3.05, 3.63) is 105 Å². The van der Waals surface area contributed by atoms with Gasteiger partial charge in [-0.1, -0.05) is 53.5 Å². The molecule has 1 heterocycles. The first-order valence-electron chi connectivity index (χ1n) is 15.0. The molecule has 5 rings (SSSR count). The number of hydrogen-bond donors (Lipinski definition) is 4. The highest BCUT2D eigenvalue weighted by Gasteiger charge is 2.28. The summed E-state index contributed by atoms with van der Waals surface area (Å²) in [7, 11) is 0. The van der Waals surface area contributed by atoms with Crippen LogP contribution in [0.3, 0.4) is 0 Å². The first-order valence-corrected chi connectivity index (χ1v) is 15.8. The number of pyridine rings is 1. The second kappa shape index (κ2) is 16.1. The first kappa shape index (κ1) is 33.5. The summed E-state index contributed by atoms with van der Waals surface area (Å²) in [5, 5.41) is 41.4. The highest BCUT2D eigenvalue weighted by Crippen LogP contribution is 2.45. The van der Waals surface area contributed by atoms with Crippen molar-refractivity contribution in [3.8, 4) is 34.4 Å². The molecule has 0 bridgehead atoms. The molecule has 3 aromatic carbocycles. The smallest absolute Gasteiger partial charge is 0.142 e. The molecule has 4 N–H and O–H groups in total. The van der Waals surface area contributed by atoms with E-state index in [0.29, 0.717) is 64.5 Å². The molecule has 2 atom stereocenters. The third-order valence-corrected chi connectivity index (χ3v) is 8.37. The van der Waals surface area contributed by atoms with Gasteiger partial charge in [0.2, 0.25) is 0 Å². The van der Waals surface area contributed by atoms with Gasteiger partial charge >= 0.3 is 0 Å². The van der Waals surface area contributed by atoms with E-state index in [0.717, 1.165) is 40.7 Å². The fraction of sp³-hybridized carbons (Fsp3) is 0.314. The van der Waals surface area contributed by atoms with Gasteiger partial charge in [0, 0.05) is 41.7 Å². The van der Waals surface area contributed by atoms with Crippen LogP contribution in [0.1, 0.15) is 46.8 Å². The van der Waals surface area contributed by atoms with Gasteiger partial charge in [0.05, 0.1) is 41.5 Å². The van der Waals surface area contributed by atoms with Gasteiger partial charge in [-0.25, -0.2) is 0 Å². The lowest BCUT2D eigenvalue weighted by molar-refractivity contribution is 0.0942. The summed E-state index contributed by atoms with van der Waals surface area (Å²) in [4.78, 5) is 4.07. The molecule has 1 unspecified atom stereocenters. The van der Waals surface area contributed by atoms with Crippen molar-refractivity contribution >= 4 is 23.2 Å². The highest BCUT2D eigenvalue weighted by atomic mass is 35.5. The molecule has 0 saturated carbocycles. The third-order valence-electron chi connectivity index (χ3n) is 7.69. The van der Waals surface area contributed by atoms with E-state index in [4.69, 9.17) is 47.8 Å². The number of fused-ring (bicyclic) bond motifs is 1. The van der Waals surface area contributed by atoms with Gasteiger partial charge in [0.15, 0.2) is 0 Å². The molecule has 11 heteroatoms. The zero-order valence-electron chi connectivity index (χ0n) is 25.1. The van der Waals surface area contributed by atoms with Crippen LogP contribution in [-0.2, 0) is 19.6 Å². The predicted molar refractivity (Wildman–Crippen MR) is 175 cm³/mol. The summed E-state index contributed by atoms with van der Waals surface area (Å²) in [5.74, 6) is 1.46. The van der Waals surface area contributed by atoms with Gasteiger partial charge in [0.1, 0.15) is 36.0 Å². The number of nitrogens with zero attached hydrogens (tertiary/aromatic N) is 2. The molecule has 1 aliphatic rings. The van der Waals surface area contributed by atoms with Crippen molar-refractivity contribution in [1.82, 2.24) is 10.3 Å². The molecule has 0 amide bonds. The average Bonchev–Trinajstić information content (AvgIpc) is 3.49. The lowest BCUT2D eigenvalue weighted by atomic mass is 9.96. The molecule has 9 nitrogen and oxygen atoms in total. The van der Waals surface area contributed by atoms with Crippen molar-refractivity contribution in [1.29, 1.82) is 5.26 Å². The van der Waals surface area contributed by atoms with Gasteiger partial charge in [-0.2, -0.15) is 5.26 Å². The number of halogens is 2. The second-order valence-corrected chi connectivity index (χ2v) is 11.7. The fourth-order valence-electron chi connectivity index (χ4n) is 5.40. The number of nitriles is 1. The van der Waals surface area contributed by atoms with Crippen LogP contribution in [0.15, 0.2) is 67.0 Å². The van der Waals surface area contributed by atoms with Crippen LogP contribution in [-0.4, -0.2) is 52.7 Å². The number of ether oxygens (including phenoxy) is 3. The first-order chi connectivity index (χ1) is 22.4. The van der Waals surface area contributed by atoms with Crippen LogP contribution < -0.4 is 19.5 Å². The molecule has 240 valence electrons. The van der Waals surface area contributed by atoms with Crippen LogP contribution in [0.4, 0.5) is 0 Å². The van der Waals surface area contributed by atoms with Crippen LogP contribution >= 0.6 is 23.2 Å². The van der Waals surface area contributed by atoms with Crippen LogP contribution in [0.2, 0.25) is 10.0 Å². The normalized spacial score (nSPS) is 14.4. The molecule has 0 radical (unpaired) electrons. The quantitative estimate of drug-likeness (QED) is 0.117. The number of aromatic nitrogens is 1. The van der Waals surface area contributed by atoms with Crippen LogP contribution in [0.25, 0.3) is 11.1 Å². The summed E-state index contributed by atoms with van der Waals surface area (Å²) in [6.07, 6.45) is 4.30. The van der Waals surface area contributed by atoms with Gasteiger partial charge in [-0.05, 0) is 60.7 Å². The molecule has 1 aromatic heterocycles. The number of hydrogen-bond acceptors (Lipinski definition) is 9. The Balaban J connectivity index is 1.29. The summed E-state index contributed by atoms with van der Waals surface area (Å²) in [6.45, 7) is 1.01. The van der Waals surface area contributed by atoms with Gasteiger partial charge in [-0.3, -0.25) is 4.98 Å². The molecule has 0 aliphatic heterocycles. The minimum absolute atomic E-state index is 0.154. The standard InChI is InChI=1S/C35H35Cl2N3O6/c36-30-13-24(19-41)33(45-21-23-12-22(15-38)16-40-17-23)14-34(30)46-31-9-8-27-26(4-1-5-28(27)31)29-6-2-7-32(35(29)37)44-11-3-10-39-18-25(43)20-42/h1-2,4-7,12-14,16-17,25,31,39,41-43H,3,8-11,18-21H2/t25-,31?/m0/s1. The maximum Gasteiger partial charge on any atom is 0.142 e. The maximum atomic E-state index is 9.94. The van der Waals surface area contributed by atoms with E-state index in [1.54, 1.807) is 24.4 Å². The Labute approximate surface area is 277 Å². The largest absolute Gasteiger partial charge is 0.492 e. The van der Waals surface area contributed by atoms with Crippen molar-refractivity contribution in [2.75, 3.05) is 26.3 Å². The molecule has 46 heavy (non-hydrogen) atoms. The van der Waals surface area contributed by atoms with Gasteiger partial charge in [-0.15, -0.1) is 0 Å². The fourth-order valence-corrected chi connectivity index (χ4v) is 5.91.